The third kappa shape index (κ3) is 3.16. The van der Waals surface area contributed by atoms with Gasteiger partial charge in [0.1, 0.15) is 5.75 Å². The van der Waals surface area contributed by atoms with Crippen molar-refractivity contribution in [3.8, 4) is 5.75 Å². The molecule has 0 aromatic heterocycles. The van der Waals surface area contributed by atoms with Crippen molar-refractivity contribution in [2.24, 2.45) is 0 Å². The summed E-state index contributed by atoms with van der Waals surface area (Å²) in [4.78, 5) is 15.2. The molecule has 126 valence electrons. The van der Waals surface area contributed by atoms with Gasteiger partial charge in [-0.1, -0.05) is 55.3 Å². The van der Waals surface area contributed by atoms with Crippen molar-refractivity contribution in [3.63, 3.8) is 0 Å². The first kappa shape index (κ1) is 16.6. The van der Waals surface area contributed by atoms with Crippen LogP contribution in [0, 0.1) is 0 Å². The molecule has 0 N–H and O–H groups in total. The Balaban J connectivity index is 1.79. The average Bonchev–Trinajstić information content (AvgIpc) is 3.13. The molecule has 0 saturated heterocycles. The van der Waals surface area contributed by atoms with Crippen LogP contribution in [0.2, 0.25) is 0 Å². The number of ether oxygens (including phenoxy) is 1. The molecular formula is C21H25NO2. The predicted molar refractivity (Wildman–Crippen MR) is 96.1 cm³/mol. The monoisotopic (exact) mass is 323 g/mol. The van der Waals surface area contributed by atoms with E-state index in [1.54, 1.807) is 7.11 Å². The Kier molecular flexibility index (Phi) is 4.89. The van der Waals surface area contributed by atoms with E-state index in [0.29, 0.717) is 6.54 Å². The molecular weight excluding hydrogens is 298 g/mol. The molecule has 0 radical (unpaired) electrons. The van der Waals surface area contributed by atoms with Crippen LogP contribution in [0.25, 0.3) is 0 Å². The first-order valence-corrected chi connectivity index (χ1v) is 8.60. The normalized spacial score (nSPS) is 15.9. The maximum atomic E-state index is 13.3. The van der Waals surface area contributed by atoms with Crippen LogP contribution in [0.5, 0.6) is 5.75 Å². The van der Waals surface area contributed by atoms with Gasteiger partial charge >= 0.3 is 0 Å². The number of carbonyl (C=O) groups excluding carboxylic acids is 1. The lowest BCUT2D eigenvalue weighted by molar-refractivity contribution is -0.136. The van der Waals surface area contributed by atoms with Gasteiger partial charge in [-0.25, -0.2) is 0 Å². The fourth-order valence-electron chi connectivity index (χ4n) is 3.80. The Morgan fingerprint density at radius 1 is 1.04 bits per heavy atom. The minimum atomic E-state index is -0.345. The quantitative estimate of drug-likeness (QED) is 0.826. The van der Waals surface area contributed by atoms with E-state index in [9.17, 15) is 4.79 Å². The van der Waals surface area contributed by atoms with Gasteiger partial charge in [-0.3, -0.25) is 4.79 Å². The second kappa shape index (κ2) is 7.08. The summed E-state index contributed by atoms with van der Waals surface area (Å²) >= 11 is 0. The molecule has 3 heteroatoms. The SMILES string of the molecule is COc1ccc(CN(C)C(=O)C2(c3ccccc3)CCCC2)cc1. The molecule has 0 unspecified atom stereocenters. The lowest BCUT2D eigenvalue weighted by Crippen LogP contribution is -2.43. The zero-order valence-electron chi connectivity index (χ0n) is 14.5. The first-order valence-electron chi connectivity index (χ1n) is 8.60. The van der Waals surface area contributed by atoms with Crippen LogP contribution in [0.3, 0.4) is 0 Å². The minimum absolute atomic E-state index is 0.238. The molecule has 0 aliphatic heterocycles. The second-order valence-corrected chi connectivity index (χ2v) is 6.66. The molecule has 1 aliphatic carbocycles. The molecule has 1 amide bonds. The van der Waals surface area contributed by atoms with Gasteiger partial charge in [-0.15, -0.1) is 0 Å². The number of amides is 1. The number of carbonyl (C=O) groups is 1. The van der Waals surface area contributed by atoms with Gasteiger partial charge in [-0.2, -0.15) is 0 Å². The van der Waals surface area contributed by atoms with E-state index < -0.39 is 0 Å². The van der Waals surface area contributed by atoms with E-state index in [1.165, 1.54) is 0 Å². The van der Waals surface area contributed by atoms with Crippen molar-refractivity contribution in [1.82, 2.24) is 4.90 Å². The summed E-state index contributed by atoms with van der Waals surface area (Å²) in [5, 5.41) is 0. The number of benzene rings is 2. The fraction of sp³-hybridized carbons (Fsp3) is 0.381. The summed E-state index contributed by atoms with van der Waals surface area (Å²) in [6.07, 6.45) is 4.14. The standard InChI is InChI=1S/C21H25NO2/c1-22(16-17-10-12-19(24-2)13-11-17)20(23)21(14-6-7-15-21)18-8-4-3-5-9-18/h3-5,8-13H,6-7,14-16H2,1-2H3. The maximum absolute atomic E-state index is 13.3. The summed E-state index contributed by atoms with van der Waals surface area (Å²) in [7, 11) is 3.57. The topological polar surface area (TPSA) is 29.5 Å². The highest BCUT2D eigenvalue weighted by atomic mass is 16.5. The highest BCUT2D eigenvalue weighted by molar-refractivity contribution is 5.88. The molecule has 0 heterocycles. The van der Waals surface area contributed by atoms with E-state index in [4.69, 9.17) is 4.74 Å². The van der Waals surface area contributed by atoms with Gasteiger partial charge in [0.25, 0.3) is 0 Å². The first-order chi connectivity index (χ1) is 11.7. The molecule has 0 atom stereocenters. The van der Waals surface area contributed by atoms with Crippen molar-refractivity contribution < 1.29 is 9.53 Å². The summed E-state index contributed by atoms with van der Waals surface area (Å²) < 4.78 is 5.20. The summed E-state index contributed by atoms with van der Waals surface area (Å²) in [5.74, 6) is 1.08. The second-order valence-electron chi connectivity index (χ2n) is 6.66. The molecule has 1 fully saturated rings. The Labute approximate surface area is 144 Å². The molecule has 2 aromatic carbocycles. The third-order valence-corrected chi connectivity index (χ3v) is 5.12. The van der Waals surface area contributed by atoms with E-state index in [0.717, 1.165) is 42.6 Å². The summed E-state index contributed by atoms with van der Waals surface area (Å²) in [6, 6.07) is 18.2. The molecule has 24 heavy (non-hydrogen) atoms. The van der Waals surface area contributed by atoms with Crippen LogP contribution >= 0.6 is 0 Å². The van der Waals surface area contributed by atoms with Crippen LogP contribution in [0.15, 0.2) is 54.6 Å². The third-order valence-electron chi connectivity index (χ3n) is 5.12. The van der Waals surface area contributed by atoms with Crippen molar-refractivity contribution in [3.05, 3.63) is 65.7 Å². The van der Waals surface area contributed by atoms with E-state index in [-0.39, 0.29) is 11.3 Å². The highest BCUT2D eigenvalue weighted by Crippen LogP contribution is 2.42. The predicted octanol–water partition coefficient (Wildman–Crippen LogP) is 4.17. The zero-order valence-corrected chi connectivity index (χ0v) is 14.5. The Bertz CT molecular complexity index is 673. The van der Waals surface area contributed by atoms with Gasteiger partial charge in [0, 0.05) is 13.6 Å². The lowest BCUT2D eigenvalue weighted by Gasteiger charge is -2.33. The van der Waals surface area contributed by atoms with E-state index in [1.807, 2.05) is 54.4 Å². The average molecular weight is 323 g/mol. The van der Waals surface area contributed by atoms with Gasteiger partial charge in [0.15, 0.2) is 0 Å². The number of methoxy groups -OCH3 is 1. The molecule has 2 aromatic rings. The molecule has 1 saturated carbocycles. The van der Waals surface area contributed by atoms with Crippen LogP contribution in [-0.2, 0) is 16.8 Å². The smallest absolute Gasteiger partial charge is 0.233 e. The van der Waals surface area contributed by atoms with Crippen molar-refractivity contribution in [1.29, 1.82) is 0 Å². The molecule has 1 aliphatic rings. The van der Waals surface area contributed by atoms with Crippen LogP contribution in [0.4, 0.5) is 0 Å². The Hall–Kier alpha value is -2.29. The zero-order chi connectivity index (χ0) is 17.0. The van der Waals surface area contributed by atoms with Gasteiger partial charge in [-0.05, 0) is 36.1 Å². The molecule has 3 nitrogen and oxygen atoms in total. The van der Waals surface area contributed by atoms with Gasteiger partial charge in [0.05, 0.1) is 12.5 Å². The van der Waals surface area contributed by atoms with Crippen molar-refractivity contribution in [2.45, 2.75) is 37.6 Å². The maximum Gasteiger partial charge on any atom is 0.233 e. The lowest BCUT2D eigenvalue weighted by atomic mass is 9.77. The van der Waals surface area contributed by atoms with E-state index >= 15 is 0 Å². The Morgan fingerprint density at radius 2 is 1.67 bits per heavy atom. The highest BCUT2D eigenvalue weighted by Gasteiger charge is 2.43. The fourth-order valence-corrected chi connectivity index (χ4v) is 3.80. The van der Waals surface area contributed by atoms with Gasteiger partial charge < -0.3 is 9.64 Å². The number of hydrogen-bond acceptors (Lipinski definition) is 2. The van der Waals surface area contributed by atoms with Crippen molar-refractivity contribution in [2.75, 3.05) is 14.2 Å². The largest absolute Gasteiger partial charge is 0.497 e. The van der Waals surface area contributed by atoms with Crippen LogP contribution in [0.1, 0.15) is 36.8 Å². The number of rotatable bonds is 5. The van der Waals surface area contributed by atoms with E-state index in [2.05, 4.69) is 12.1 Å². The Morgan fingerprint density at radius 3 is 2.25 bits per heavy atom. The molecule has 0 bridgehead atoms. The minimum Gasteiger partial charge on any atom is -0.497 e. The number of likely N-dealkylation sites (N-methyl/N-ethyl adjacent to an activating group) is 1. The number of hydrogen-bond donors (Lipinski definition) is 0. The summed E-state index contributed by atoms with van der Waals surface area (Å²) in [5.41, 5.74) is 1.93. The number of nitrogens with zero attached hydrogens (tertiary/aromatic N) is 1. The van der Waals surface area contributed by atoms with Crippen LogP contribution < -0.4 is 4.74 Å². The van der Waals surface area contributed by atoms with Crippen molar-refractivity contribution >= 4 is 5.91 Å². The van der Waals surface area contributed by atoms with Gasteiger partial charge in [0.2, 0.25) is 5.91 Å². The molecule has 0 spiro atoms. The summed E-state index contributed by atoms with van der Waals surface area (Å²) in [6.45, 7) is 0.622. The molecule has 3 rings (SSSR count). The van der Waals surface area contributed by atoms with Crippen LogP contribution in [-0.4, -0.2) is 25.0 Å².